The van der Waals surface area contributed by atoms with E-state index in [1.165, 1.54) is 5.56 Å². The van der Waals surface area contributed by atoms with Crippen LogP contribution in [0.2, 0.25) is 0 Å². The van der Waals surface area contributed by atoms with Crippen molar-refractivity contribution in [1.82, 2.24) is 4.90 Å². The fourth-order valence-corrected chi connectivity index (χ4v) is 3.20. The Bertz CT molecular complexity index is 570. The van der Waals surface area contributed by atoms with Crippen molar-refractivity contribution in [2.45, 2.75) is 25.8 Å². The van der Waals surface area contributed by atoms with Gasteiger partial charge in [-0.15, -0.1) is 0 Å². The number of carbonyl (C=O) groups excluding carboxylic acids is 1. The largest absolute Gasteiger partial charge is 0.478 e. The van der Waals surface area contributed by atoms with Gasteiger partial charge in [0.1, 0.15) is 0 Å². The van der Waals surface area contributed by atoms with Crippen molar-refractivity contribution in [2.24, 2.45) is 0 Å². The maximum atomic E-state index is 11.4. The number of rotatable bonds is 2. The van der Waals surface area contributed by atoms with Gasteiger partial charge in [0.15, 0.2) is 0 Å². The van der Waals surface area contributed by atoms with Crippen LogP contribution in [0.1, 0.15) is 29.3 Å². The van der Waals surface area contributed by atoms with E-state index in [0.29, 0.717) is 11.6 Å². The number of benzene rings is 1. The van der Waals surface area contributed by atoms with Gasteiger partial charge in [0.05, 0.1) is 5.56 Å². The number of carboxylic acids is 1. The normalized spacial score (nSPS) is 21.1. The molecule has 1 atom stereocenters. The molecule has 0 radical (unpaired) electrons. The predicted octanol–water partition coefficient (Wildman–Crippen LogP) is 1.37. The molecule has 2 aliphatic rings. The number of likely N-dealkylation sites (tertiary alicyclic amines) is 1. The van der Waals surface area contributed by atoms with Crippen LogP contribution >= 0.6 is 0 Å². The number of carboxylic acid groups (broad SMARTS) is 1. The zero-order valence-corrected chi connectivity index (χ0v) is 11.5. The molecule has 106 valence electrons. The summed E-state index contributed by atoms with van der Waals surface area (Å²) in [6.07, 6.45) is 1.90. The molecule has 1 unspecified atom stereocenters. The van der Waals surface area contributed by atoms with Crippen molar-refractivity contribution >= 4 is 17.6 Å². The van der Waals surface area contributed by atoms with Crippen molar-refractivity contribution in [3.8, 4) is 0 Å². The van der Waals surface area contributed by atoms with Crippen LogP contribution in [0.3, 0.4) is 0 Å². The highest BCUT2D eigenvalue weighted by atomic mass is 16.4. The van der Waals surface area contributed by atoms with Gasteiger partial charge in [0.2, 0.25) is 5.91 Å². The third-order valence-corrected chi connectivity index (χ3v) is 4.31. The Morgan fingerprint density at radius 3 is 2.75 bits per heavy atom. The first-order valence-electron chi connectivity index (χ1n) is 6.94. The Morgan fingerprint density at radius 1 is 1.30 bits per heavy atom. The van der Waals surface area contributed by atoms with Gasteiger partial charge in [-0.05, 0) is 30.5 Å². The van der Waals surface area contributed by atoms with E-state index in [-0.39, 0.29) is 5.91 Å². The van der Waals surface area contributed by atoms with E-state index < -0.39 is 5.97 Å². The lowest BCUT2D eigenvalue weighted by Gasteiger charge is -2.27. The number of aromatic carboxylic acids is 1. The van der Waals surface area contributed by atoms with Gasteiger partial charge in [0, 0.05) is 38.3 Å². The molecule has 2 heterocycles. The lowest BCUT2D eigenvalue weighted by molar-refractivity contribution is -0.127. The summed E-state index contributed by atoms with van der Waals surface area (Å²) in [6.45, 7) is 4.05. The summed E-state index contributed by atoms with van der Waals surface area (Å²) >= 11 is 0. The Balaban J connectivity index is 1.84. The number of amides is 1. The molecule has 5 heteroatoms. The van der Waals surface area contributed by atoms with Crippen molar-refractivity contribution in [2.75, 3.05) is 24.5 Å². The van der Waals surface area contributed by atoms with Crippen molar-refractivity contribution in [3.63, 3.8) is 0 Å². The summed E-state index contributed by atoms with van der Waals surface area (Å²) < 4.78 is 0. The van der Waals surface area contributed by atoms with E-state index in [1.807, 2.05) is 11.0 Å². The minimum atomic E-state index is -0.892. The van der Waals surface area contributed by atoms with Gasteiger partial charge >= 0.3 is 5.97 Å². The standard InChI is InChI=1S/C15H18N2O3/c1-10(18)16-6-5-13(9-16)17-7-4-11-2-3-12(15(19)20)8-14(11)17/h2-3,8,13H,4-7,9H2,1H3,(H,19,20). The van der Waals surface area contributed by atoms with Gasteiger partial charge in [0.25, 0.3) is 0 Å². The molecular weight excluding hydrogens is 256 g/mol. The zero-order chi connectivity index (χ0) is 14.3. The molecule has 5 nitrogen and oxygen atoms in total. The van der Waals surface area contributed by atoms with Crippen LogP contribution in [0, 0.1) is 0 Å². The number of carbonyl (C=O) groups is 2. The minimum Gasteiger partial charge on any atom is -0.478 e. The lowest BCUT2D eigenvalue weighted by Crippen LogP contribution is -2.37. The summed E-state index contributed by atoms with van der Waals surface area (Å²) in [5, 5.41) is 9.11. The van der Waals surface area contributed by atoms with Gasteiger partial charge in [-0.25, -0.2) is 4.79 Å². The molecule has 0 aromatic heterocycles. The number of nitrogens with zero attached hydrogens (tertiary/aromatic N) is 2. The Hall–Kier alpha value is -2.04. The molecular formula is C15H18N2O3. The first-order chi connectivity index (χ1) is 9.56. The van der Waals surface area contributed by atoms with E-state index in [9.17, 15) is 9.59 Å². The summed E-state index contributed by atoms with van der Waals surface area (Å²) in [7, 11) is 0. The third-order valence-electron chi connectivity index (χ3n) is 4.31. The van der Waals surface area contributed by atoms with Crippen LogP contribution in [-0.4, -0.2) is 47.6 Å². The van der Waals surface area contributed by atoms with Crippen LogP contribution in [0.25, 0.3) is 0 Å². The van der Waals surface area contributed by atoms with Gasteiger partial charge in [-0.1, -0.05) is 6.07 Å². The smallest absolute Gasteiger partial charge is 0.335 e. The molecule has 1 aromatic rings. The molecule has 1 fully saturated rings. The quantitative estimate of drug-likeness (QED) is 0.884. The molecule has 0 bridgehead atoms. The van der Waals surface area contributed by atoms with E-state index in [4.69, 9.17) is 5.11 Å². The van der Waals surface area contributed by atoms with Crippen LogP contribution in [0.15, 0.2) is 18.2 Å². The number of hydrogen-bond donors (Lipinski definition) is 1. The first-order valence-corrected chi connectivity index (χ1v) is 6.94. The number of fused-ring (bicyclic) bond motifs is 1. The van der Waals surface area contributed by atoms with Gasteiger partial charge < -0.3 is 14.9 Å². The monoisotopic (exact) mass is 274 g/mol. The van der Waals surface area contributed by atoms with Crippen LogP contribution < -0.4 is 4.90 Å². The molecule has 2 aliphatic heterocycles. The second kappa shape index (κ2) is 4.81. The van der Waals surface area contributed by atoms with Crippen molar-refractivity contribution in [3.05, 3.63) is 29.3 Å². The lowest BCUT2D eigenvalue weighted by atomic mass is 10.1. The van der Waals surface area contributed by atoms with E-state index in [0.717, 1.165) is 38.2 Å². The maximum absolute atomic E-state index is 11.4. The molecule has 1 saturated heterocycles. The Kier molecular flexibility index (Phi) is 3.12. The minimum absolute atomic E-state index is 0.117. The number of anilines is 1. The second-order valence-corrected chi connectivity index (χ2v) is 5.50. The van der Waals surface area contributed by atoms with Gasteiger partial charge in [-0.2, -0.15) is 0 Å². The second-order valence-electron chi connectivity index (χ2n) is 5.50. The molecule has 1 aromatic carbocycles. The third kappa shape index (κ3) is 2.13. The van der Waals surface area contributed by atoms with E-state index in [1.54, 1.807) is 19.1 Å². The molecule has 20 heavy (non-hydrogen) atoms. The van der Waals surface area contributed by atoms with Crippen LogP contribution in [0.4, 0.5) is 5.69 Å². The summed E-state index contributed by atoms with van der Waals surface area (Å²) in [4.78, 5) is 26.7. The topological polar surface area (TPSA) is 60.9 Å². The number of hydrogen-bond acceptors (Lipinski definition) is 3. The SMILES string of the molecule is CC(=O)N1CCC(N2CCc3ccc(C(=O)O)cc32)C1. The average Bonchev–Trinajstić information content (AvgIpc) is 3.03. The highest BCUT2D eigenvalue weighted by molar-refractivity contribution is 5.89. The first kappa shape index (κ1) is 13.0. The highest BCUT2D eigenvalue weighted by Gasteiger charge is 2.32. The molecule has 0 saturated carbocycles. The Labute approximate surface area is 117 Å². The van der Waals surface area contributed by atoms with Crippen molar-refractivity contribution < 1.29 is 14.7 Å². The predicted molar refractivity (Wildman–Crippen MR) is 75.1 cm³/mol. The van der Waals surface area contributed by atoms with E-state index >= 15 is 0 Å². The van der Waals surface area contributed by atoms with E-state index in [2.05, 4.69) is 4.90 Å². The summed E-state index contributed by atoms with van der Waals surface area (Å²) in [6, 6.07) is 5.66. The maximum Gasteiger partial charge on any atom is 0.335 e. The van der Waals surface area contributed by atoms with Crippen LogP contribution in [0.5, 0.6) is 0 Å². The Morgan fingerprint density at radius 2 is 2.10 bits per heavy atom. The van der Waals surface area contributed by atoms with Crippen LogP contribution in [-0.2, 0) is 11.2 Å². The zero-order valence-electron chi connectivity index (χ0n) is 11.5. The van der Waals surface area contributed by atoms with Gasteiger partial charge in [-0.3, -0.25) is 4.79 Å². The fourth-order valence-electron chi connectivity index (χ4n) is 3.20. The summed E-state index contributed by atoms with van der Waals surface area (Å²) in [5.41, 5.74) is 2.56. The average molecular weight is 274 g/mol. The molecule has 3 rings (SSSR count). The fraction of sp³-hybridized carbons (Fsp3) is 0.467. The summed E-state index contributed by atoms with van der Waals surface area (Å²) in [5.74, 6) is -0.775. The molecule has 1 amide bonds. The molecule has 0 aliphatic carbocycles. The highest BCUT2D eigenvalue weighted by Crippen LogP contribution is 2.33. The molecule has 0 spiro atoms. The molecule has 1 N–H and O–H groups in total. The van der Waals surface area contributed by atoms with Crippen molar-refractivity contribution in [1.29, 1.82) is 0 Å².